The summed E-state index contributed by atoms with van der Waals surface area (Å²) in [6.07, 6.45) is -5.54. The Morgan fingerprint density at radius 3 is 2.25 bits per heavy atom. The predicted molar refractivity (Wildman–Crippen MR) is 117 cm³/mol. The van der Waals surface area contributed by atoms with E-state index < -0.39 is 29.8 Å². The molecule has 0 fully saturated rings. The van der Waals surface area contributed by atoms with E-state index >= 15 is 0 Å². The normalized spacial score (nSPS) is 14.4. The Kier molecular flexibility index (Phi) is 6.21. The summed E-state index contributed by atoms with van der Waals surface area (Å²) in [6, 6.07) is 11.1. The molecule has 0 spiro atoms. The van der Waals surface area contributed by atoms with Crippen molar-refractivity contribution in [2.24, 2.45) is 0 Å². The van der Waals surface area contributed by atoms with E-state index in [1.165, 1.54) is 10.9 Å². The molecule has 9 heteroatoms. The molecular weight excluding hydrogens is 443 g/mol. The minimum absolute atomic E-state index is 0.0959. The van der Waals surface area contributed by atoms with Gasteiger partial charge in [-0.3, -0.25) is 4.68 Å². The van der Waals surface area contributed by atoms with Crippen molar-refractivity contribution in [3.63, 3.8) is 0 Å². The molecule has 0 N–H and O–H groups in total. The molecule has 3 aromatic rings. The second-order valence-electron chi connectivity index (χ2n) is 8.72. The van der Waals surface area contributed by atoms with Crippen LogP contribution in [0.1, 0.15) is 46.1 Å². The Labute approximate surface area is 189 Å². The molecule has 32 heavy (non-hydrogen) atoms. The lowest BCUT2D eigenvalue weighted by atomic mass is 9.83. The molecule has 5 nitrogen and oxygen atoms in total. The third-order valence-electron chi connectivity index (χ3n) is 5.55. The van der Waals surface area contributed by atoms with Crippen LogP contribution < -0.4 is 10.0 Å². The maximum Gasteiger partial charge on any atom is 0.391 e. The average molecular weight is 467 g/mol. The average Bonchev–Trinajstić information content (AvgIpc) is 3.10. The second-order valence-corrected chi connectivity index (χ2v) is 9.16. The smallest absolute Gasteiger partial charge is 0.391 e. The molecule has 0 saturated carbocycles. The van der Waals surface area contributed by atoms with Crippen molar-refractivity contribution < 1.29 is 23.1 Å². The number of fused-ring (bicyclic) bond motifs is 1. The van der Waals surface area contributed by atoms with Crippen molar-refractivity contribution in [1.82, 2.24) is 9.78 Å². The number of hydrogen-bond acceptors (Lipinski definition) is 3. The number of carbonyl (C=O) groups excluding carboxylic acids is 1. The molecule has 0 aliphatic rings. The van der Waals surface area contributed by atoms with Gasteiger partial charge in [-0.15, -0.1) is 0 Å². The number of aromatic nitrogens is 2. The summed E-state index contributed by atoms with van der Waals surface area (Å²) in [5.74, 6) is 0. The van der Waals surface area contributed by atoms with Gasteiger partial charge >= 0.3 is 6.18 Å². The van der Waals surface area contributed by atoms with Crippen molar-refractivity contribution in [1.29, 1.82) is 0 Å². The van der Waals surface area contributed by atoms with E-state index in [4.69, 9.17) is 11.6 Å². The van der Waals surface area contributed by atoms with Crippen LogP contribution in [0.4, 0.5) is 23.7 Å². The molecule has 1 atom stereocenters. The summed E-state index contributed by atoms with van der Waals surface area (Å²) in [5.41, 5.74) is -1.28. The Balaban J connectivity index is 2.31. The van der Waals surface area contributed by atoms with Crippen molar-refractivity contribution >= 4 is 34.3 Å². The van der Waals surface area contributed by atoms with Crippen LogP contribution in [0, 0.1) is 0 Å². The van der Waals surface area contributed by atoms with Crippen molar-refractivity contribution in [2.45, 2.75) is 57.8 Å². The van der Waals surface area contributed by atoms with E-state index in [0.717, 1.165) is 4.90 Å². The number of alkyl halides is 3. The maximum absolute atomic E-state index is 13.8. The third-order valence-corrected chi connectivity index (χ3v) is 5.80. The Bertz CT molecular complexity index is 1120. The van der Waals surface area contributed by atoms with Crippen LogP contribution in [0.2, 0.25) is 5.02 Å². The number of rotatable bonds is 5. The second kappa shape index (κ2) is 8.31. The van der Waals surface area contributed by atoms with E-state index in [-0.39, 0.29) is 6.42 Å². The maximum atomic E-state index is 13.8. The third kappa shape index (κ3) is 4.41. The van der Waals surface area contributed by atoms with Crippen LogP contribution in [0.5, 0.6) is 0 Å². The van der Waals surface area contributed by atoms with Gasteiger partial charge in [-0.2, -0.15) is 18.3 Å². The molecule has 0 aliphatic carbocycles. The van der Waals surface area contributed by atoms with Gasteiger partial charge < -0.3 is 14.8 Å². The van der Waals surface area contributed by atoms with Gasteiger partial charge in [0, 0.05) is 15.9 Å². The zero-order valence-corrected chi connectivity index (χ0v) is 19.0. The lowest BCUT2D eigenvalue weighted by Gasteiger charge is -2.38. The molecule has 3 rings (SSSR count). The minimum atomic E-state index is -4.48. The Morgan fingerprint density at radius 1 is 1.12 bits per heavy atom. The fourth-order valence-electron chi connectivity index (χ4n) is 4.18. The molecule has 0 radical (unpaired) electrons. The van der Waals surface area contributed by atoms with Crippen LogP contribution in [-0.4, -0.2) is 27.6 Å². The van der Waals surface area contributed by atoms with Crippen molar-refractivity contribution in [3.05, 3.63) is 59.2 Å². The summed E-state index contributed by atoms with van der Waals surface area (Å²) >= 11 is 5.97. The molecule has 1 amide bonds. The first-order valence-electron chi connectivity index (χ1n) is 10.1. The van der Waals surface area contributed by atoms with Crippen LogP contribution in [-0.2, 0) is 5.54 Å². The fourth-order valence-corrected chi connectivity index (χ4v) is 4.30. The quantitative estimate of drug-likeness (QED) is 0.481. The number of benzene rings is 2. The molecule has 0 saturated heterocycles. The highest BCUT2D eigenvalue weighted by Gasteiger charge is 2.45. The summed E-state index contributed by atoms with van der Waals surface area (Å²) < 4.78 is 42.8. The van der Waals surface area contributed by atoms with E-state index in [2.05, 4.69) is 5.10 Å². The van der Waals surface area contributed by atoms with Crippen LogP contribution in [0.3, 0.4) is 0 Å². The number of halogens is 4. The van der Waals surface area contributed by atoms with Gasteiger partial charge in [0.1, 0.15) is 6.09 Å². The summed E-state index contributed by atoms with van der Waals surface area (Å²) in [7, 11) is 0. The number of carbonyl (C=O) groups is 1. The molecule has 0 aliphatic heterocycles. The lowest BCUT2D eigenvalue weighted by molar-refractivity contribution is -0.247. The number of amides is 1. The molecule has 0 bridgehead atoms. The SMILES string of the molecule is CCC(CC(F)(F)F)(c1ccc(Cl)cc1)n1ncc2c(N(C(=O)[O-])C(C)(C)C)cccc21. The van der Waals surface area contributed by atoms with E-state index in [0.29, 0.717) is 27.2 Å². The summed E-state index contributed by atoms with van der Waals surface area (Å²) in [6.45, 7) is 6.79. The van der Waals surface area contributed by atoms with E-state index in [1.807, 2.05) is 0 Å². The Hall–Kier alpha value is -2.74. The molecule has 1 heterocycles. The van der Waals surface area contributed by atoms with Crippen LogP contribution >= 0.6 is 11.6 Å². The van der Waals surface area contributed by atoms with Gasteiger partial charge in [-0.05, 0) is 57.0 Å². The number of carboxylic acid groups (broad SMARTS) is 1. The van der Waals surface area contributed by atoms with Crippen molar-refractivity contribution in [2.75, 3.05) is 4.90 Å². The minimum Gasteiger partial charge on any atom is -0.530 e. The van der Waals surface area contributed by atoms with Crippen LogP contribution in [0.25, 0.3) is 10.9 Å². The standard InChI is InChI=1S/C23H25ClF3N3O2/c1-5-22(14-23(25,26)27,15-9-11-16(24)12-10-15)30-19-8-6-7-18(17(19)13-28-30)29(20(31)32)21(2,3)4/h6-13H,5,14H2,1-4H3,(H,31,32)/p-1. The number of anilines is 1. The monoisotopic (exact) mass is 466 g/mol. The van der Waals surface area contributed by atoms with Gasteiger partial charge in [-0.25, -0.2) is 0 Å². The fraction of sp³-hybridized carbons (Fsp3) is 0.391. The van der Waals surface area contributed by atoms with Gasteiger partial charge in [-0.1, -0.05) is 36.7 Å². The first-order chi connectivity index (χ1) is 14.8. The highest BCUT2D eigenvalue weighted by Crippen LogP contribution is 2.43. The Morgan fingerprint density at radius 2 is 1.75 bits per heavy atom. The van der Waals surface area contributed by atoms with Crippen LogP contribution in [0.15, 0.2) is 48.7 Å². The topological polar surface area (TPSA) is 61.2 Å². The molecule has 1 aromatic heterocycles. The van der Waals surface area contributed by atoms with Gasteiger partial charge in [0.15, 0.2) is 0 Å². The largest absolute Gasteiger partial charge is 0.530 e. The van der Waals surface area contributed by atoms with E-state index in [1.54, 1.807) is 70.2 Å². The molecular formula is C23H24ClF3N3O2-. The number of hydrogen-bond donors (Lipinski definition) is 0. The molecule has 1 unspecified atom stereocenters. The van der Waals surface area contributed by atoms with Crippen molar-refractivity contribution in [3.8, 4) is 0 Å². The summed E-state index contributed by atoms with van der Waals surface area (Å²) in [5, 5.41) is 17.1. The number of nitrogens with zero attached hydrogens (tertiary/aromatic N) is 3. The van der Waals surface area contributed by atoms with E-state index in [9.17, 15) is 23.1 Å². The van der Waals surface area contributed by atoms with Gasteiger partial charge in [0.2, 0.25) is 0 Å². The zero-order chi connectivity index (χ0) is 23.9. The highest BCUT2D eigenvalue weighted by atomic mass is 35.5. The lowest BCUT2D eigenvalue weighted by Crippen LogP contribution is -2.52. The molecule has 2 aromatic carbocycles. The first kappa shape index (κ1) is 23.9. The van der Waals surface area contributed by atoms with Gasteiger partial charge in [0.25, 0.3) is 0 Å². The molecule has 172 valence electrons. The zero-order valence-electron chi connectivity index (χ0n) is 18.2. The van der Waals surface area contributed by atoms with Gasteiger partial charge in [0.05, 0.1) is 29.4 Å². The summed E-state index contributed by atoms with van der Waals surface area (Å²) in [4.78, 5) is 13.0. The first-order valence-corrected chi connectivity index (χ1v) is 10.5. The highest BCUT2D eigenvalue weighted by molar-refractivity contribution is 6.30. The predicted octanol–water partition coefficient (Wildman–Crippen LogP) is 5.74.